The Morgan fingerprint density at radius 1 is 1.47 bits per heavy atom. The Kier molecular flexibility index (Phi) is 3.26. The van der Waals surface area contributed by atoms with E-state index in [2.05, 4.69) is 50.9 Å². The Labute approximate surface area is 99.2 Å². The van der Waals surface area contributed by atoms with E-state index in [4.69, 9.17) is 0 Å². The Bertz CT molecular complexity index is 323. The van der Waals surface area contributed by atoms with E-state index in [0.717, 1.165) is 23.4 Å². The summed E-state index contributed by atoms with van der Waals surface area (Å²) in [6, 6.07) is 4.78. The average molecular weight is 270 g/mol. The SMILES string of the molecule is CN(C)[C@@H]1CCN(c2ccc(Br)cn2)C1. The molecule has 0 radical (unpaired) electrons. The van der Waals surface area contributed by atoms with Gasteiger partial charge in [-0.2, -0.15) is 0 Å². The summed E-state index contributed by atoms with van der Waals surface area (Å²) in [5.74, 6) is 1.09. The van der Waals surface area contributed by atoms with E-state index in [1.54, 1.807) is 0 Å². The molecule has 2 rings (SSSR count). The van der Waals surface area contributed by atoms with E-state index in [-0.39, 0.29) is 0 Å². The molecular weight excluding hydrogens is 254 g/mol. The Hall–Kier alpha value is -0.610. The molecule has 15 heavy (non-hydrogen) atoms. The van der Waals surface area contributed by atoms with Crippen LogP contribution in [-0.2, 0) is 0 Å². The number of likely N-dealkylation sites (N-methyl/N-ethyl adjacent to an activating group) is 1. The minimum atomic E-state index is 0.662. The highest BCUT2D eigenvalue weighted by Gasteiger charge is 2.24. The highest BCUT2D eigenvalue weighted by atomic mass is 79.9. The van der Waals surface area contributed by atoms with E-state index < -0.39 is 0 Å². The normalized spacial score (nSPS) is 21.3. The molecule has 0 aromatic carbocycles. The second-order valence-electron chi connectivity index (χ2n) is 4.19. The van der Waals surface area contributed by atoms with Gasteiger partial charge in [-0.15, -0.1) is 0 Å². The molecule has 1 aromatic heterocycles. The van der Waals surface area contributed by atoms with Crippen molar-refractivity contribution in [2.45, 2.75) is 12.5 Å². The lowest BCUT2D eigenvalue weighted by molar-refractivity contribution is 0.315. The molecule has 1 aliphatic rings. The molecule has 1 fully saturated rings. The Morgan fingerprint density at radius 3 is 2.80 bits per heavy atom. The van der Waals surface area contributed by atoms with Crippen molar-refractivity contribution >= 4 is 21.7 Å². The van der Waals surface area contributed by atoms with Gasteiger partial charge in [-0.3, -0.25) is 0 Å². The van der Waals surface area contributed by atoms with Crippen molar-refractivity contribution in [2.24, 2.45) is 0 Å². The van der Waals surface area contributed by atoms with Crippen LogP contribution in [0.25, 0.3) is 0 Å². The third-order valence-corrected chi connectivity index (χ3v) is 3.40. The number of nitrogens with zero attached hydrogens (tertiary/aromatic N) is 3. The van der Waals surface area contributed by atoms with Crippen LogP contribution in [0, 0.1) is 0 Å². The van der Waals surface area contributed by atoms with Crippen molar-refractivity contribution in [3.05, 3.63) is 22.8 Å². The summed E-state index contributed by atoms with van der Waals surface area (Å²) in [7, 11) is 4.28. The Balaban J connectivity index is 2.04. The summed E-state index contributed by atoms with van der Waals surface area (Å²) in [5, 5.41) is 0. The standard InChI is InChI=1S/C11H16BrN3/c1-14(2)10-5-6-15(8-10)11-4-3-9(12)7-13-11/h3-4,7,10H,5-6,8H2,1-2H3/t10-/m1/s1. The van der Waals surface area contributed by atoms with Crippen LogP contribution in [0.4, 0.5) is 5.82 Å². The maximum Gasteiger partial charge on any atom is 0.128 e. The number of aromatic nitrogens is 1. The van der Waals surface area contributed by atoms with Gasteiger partial charge in [0.25, 0.3) is 0 Å². The molecule has 0 N–H and O–H groups in total. The van der Waals surface area contributed by atoms with Gasteiger partial charge in [0.2, 0.25) is 0 Å². The fourth-order valence-electron chi connectivity index (χ4n) is 1.93. The monoisotopic (exact) mass is 269 g/mol. The number of hydrogen-bond donors (Lipinski definition) is 0. The molecule has 1 saturated heterocycles. The average Bonchev–Trinajstić information content (AvgIpc) is 2.68. The Morgan fingerprint density at radius 2 is 2.27 bits per heavy atom. The van der Waals surface area contributed by atoms with Crippen molar-refractivity contribution in [2.75, 3.05) is 32.1 Å². The number of pyridine rings is 1. The third-order valence-electron chi connectivity index (χ3n) is 2.93. The van der Waals surface area contributed by atoms with Gasteiger partial charge in [0.15, 0.2) is 0 Å². The first-order valence-corrected chi connectivity index (χ1v) is 5.99. The highest BCUT2D eigenvalue weighted by molar-refractivity contribution is 9.10. The molecule has 0 aliphatic carbocycles. The van der Waals surface area contributed by atoms with Crippen LogP contribution in [0.5, 0.6) is 0 Å². The van der Waals surface area contributed by atoms with E-state index in [0.29, 0.717) is 6.04 Å². The van der Waals surface area contributed by atoms with Crippen molar-refractivity contribution in [1.29, 1.82) is 0 Å². The lowest BCUT2D eigenvalue weighted by Crippen LogP contribution is -2.31. The van der Waals surface area contributed by atoms with Crippen molar-refractivity contribution in [3.8, 4) is 0 Å². The van der Waals surface area contributed by atoms with Gasteiger partial charge in [0, 0.05) is 29.8 Å². The van der Waals surface area contributed by atoms with Crippen molar-refractivity contribution in [3.63, 3.8) is 0 Å². The summed E-state index contributed by atoms with van der Waals surface area (Å²) < 4.78 is 1.04. The lowest BCUT2D eigenvalue weighted by Gasteiger charge is -2.20. The first-order chi connectivity index (χ1) is 7.16. The second kappa shape index (κ2) is 4.49. The van der Waals surface area contributed by atoms with Crippen LogP contribution >= 0.6 is 15.9 Å². The van der Waals surface area contributed by atoms with Crippen LogP contribution in [0.3, 0.4) is 0 Å². The molecule has 0 unspecified atom stereocenters. The van der Waals surface area contributed by atoms with Gasteiger partial charge < -0.3 is 9.80 Å². The fraction of sp³-hybridized carbons (Fsp3) is 0.545. The van der Waals surface area contributed by atoms with Gasteiger partial charge in [-0.05, 0) is 48.6 Å². The van der Waals surface area contributed by atoms with Crippen LogP contribution in [0.2, 0.25) is 0 Å². The third kappa shape index (κ3) is 2.49. The smallest absolute Gasteiger partial charge is 0.128 e. The van der Waals surface area contributed by atoms with Gasteiger partial charge in [-0.1, -0.05) is 0 Å². The molecule has 1 atom stereocenters. The summed E-state index contributed by atoms with van der Waals surface area (Å²) in [4.78, 5) is 9.05. The lowest BCUT2D eigenvalue weighted by atomic mass is 10.2. The number of hydrogen-bond acceptors (Lipinski definition) is 3. The second-order valence-corrected chi connectivity index (χ2v) is 5.10. The highest BCUT2D eigenvalue weighted by Crippen LogP contribution is 2.21. The summed E-state index contributed by atoms with van der Waals surface area (Å²) >= 11 is 3.40. The van der Waals surface area contributed by atoms with E-state index in [1.807, 2.05) is 12.3 Å². The first kappa shape index (κ1) is 10.9. The molecule has 2 heterocycles. The summed E-state index contributed by atoms with van der Waals surface area (Å²) in [6.07, 6.45) is 3.09. The topological polar surface area (TPSA) is 19.4 Å². The maximum atomic E-state index is 4.41. The van der Waals surface area contributed by atoms with Crippen LogP contribution in [0.1, 0.15) is 6.42 Å². The summed E-state index contributed by atoms with van der Waals surface area (Å²) in [6.45, 7) is 2.19. The molecule has 0 saturated carbocycles. The zero-order valence-corrected chi connectivity index (χ0v) is 10.7. The molecule has 0 spiro atoms. The molecular formula is C11H16BrN3. The minimum absolute atomic E-state index is 0.662. The predicted octanol–water partition coefficient (Wildman–Crippen LogP) is 1.98. The fourth-order valence-corrected chi connectivity index (χ4v) is 2.16. The van der Waals surface area contributed by atoms with Crippen LogP contribution < -0.4 is 4.90 Å². The quantitative estimate of drug-likeness (QED) is 0.819. The number of halogens is 1. The molecule has 1 aromatic rings. The minimum Gasteiger partial charge on any atom is -0.355 e. The van der Waals surface area contributed by atoms with Gasteiger partial charge >= 0.3 is 0 Å². The van der Waals surface area contributed by atoms with Gasteiger partial charge in [0.1, 0.15) is 5.82 Å². The predicted molar refractivity (Wildman–Crippen MR) is 66.2 cm³/mol. The molecule has 0 bridgehead atoms. The van der Waals surface area contributed by atoms with E-state index in [9.17, 15) is 0 Å². The molecule has 0 amide bonds. The van der Waals surface area contributed by atoms with Gasteiger partial charge in [0.05, 0.1) is 0 Å². The molecule has 1 aliphatic heterocycles. The largest absolute Gasteiger partial charge is 0.355 e. The zero-order chi connectivity index (χ0) is 10.8. The molecule has 4 heteroatoms. The van der Waals surface area contributed by atoms with Crippen LogP contribution in [-0.4, -0.2) is 43.1 Å². The van der Waals surface area contributed by atoms with Crippen molar-refractivity contribution < 1.29 is 0 Å². The number of rotatable bonds is 2. The maximum absolute atomic E-state index is 4.41. The van der Waals surface area contributed by atoms with Crippen molar-refractivity contribution in [1.82, 2.24) is 9.88 Å². The first-order valence-electron chi connectivity index (χ1n) is 5.20. The molecule has 3 nitrogen and oxygen atoms in total. The zero-order valence-electron chi connectivity index (χ0n) is 9.15. The van der Waals surface area contributed by atoms with Crippen LogP contribution in [0.15, 0.2) is 22.8 Å². The summed E-state index contributed by atoms with van der Waals surface area (Å²) in [5.41, 5.74) is 0. The van der Waals surface area contributed by atoms with E-state index in [1.165, 1.54) is 6.42 Å². The van der Waals surface area contributed by atoms with Gasteiger partial charge in [-0.25, -0.2) is 4.98 Å². The number of anilines is 1. The molecule has 82 valence electrons. The van der Waals surface area contributed by atoms with E-state index >= 15 is 0 Å².